The minimum atomic E-state index is -4.46. The van der Waals surface area contributed by atoms with Crippen LogP contribution in [0.25, 0.3) is 10.8 Å². The quantitative estimate of drug-likeness (QED) is 0.168. The molecule has 0 fully saturated rings. The van der Waals surface area contributed by atoms with E-state index < -0.39 is 10.1 Å². The van der Waals surface area contributed by atoms with Gasteiger partial charge in [-0.2, -0.15) is 0 Å². The van der Waals surface area contributed by atoms with Crippen LogP contribution in [0.15, 0.2) is 35.2 Å². The van der Waals surface area contributed by atoms with Crippen molar-refractivity contribution in [3.05, 3.63) is 41.5 Å². The molecule has 0 saturated heterocycles. The molecule has 0 atom stereocenters. The fraction of sp³-hybridized carbons (Fsp3) is 0.643. The Morgan fingerprint density at radius 1 is 0.667 bits per heavy atom. The summed E-state index contributed by atoms with van der Waals surface area (Å²) in [7, 11) is -4.46. The molecule has 3 nitrogen and oxygen atoms in total. The first-order chi connectivity index (χ1) is 15.5. The van der Waals surface area contributed by atoms with Crippen molar-refractivity contribution >= 4 is 20.9 Å². The van der Waals surface area contributed by atoms with E-state index in [1.165, 1.54) is 81.6 Å². The van der Waals surface area contributed by atoms with Crippen molar-refractivity contribution in [3.8, 4) is 0 Å². The Morgan fingerprint density at radius 2 is 1.15 bits per heavy atom. The van der Waals surface area contributed by atoms with Crippen LogP contribution < -0.4 is 51.4 Å². The first-order valence-corrected chi connectivity index (χ1v) is 14.4. The second-order valence-corrected chi connectivity index (χ2v) is 10.7. The zero-order valence-corrected chi connectivity index (χ0v) is 25.3. The van der Waals surface area contributed by atoms with Gasteiger partial charge in [-0.1, -0.05) is 109 Å². The summed E-state index contributed by atoms with van der Waals surface area (Å²) in [6.07, 6.45) is 19.3. The standard InChI is InChI=1S/C28H44O3S.K/c1-3-5-7-9-11-13-15-18-24-20-17-21-26-23-27(32(29,30)31)22-25(28(24)26)19-16-14-12-10-8-6-4-2;/h17,20-23H,3-16,18-19H2,1-2H3,(H,29,30,31);/q;+1/p-1. The maximum atomic E-state index is 11.8. The monoisotopic (exact) mass is 498 g/mol. The van der Waals surface area contributed by atoms with E-state index in [0.29, 0.717) is 0 Å². The molecule has 0 saturated carbocycles. The molecule has 0 aliphatic carbocycles. The van der Waals surface area contributed by atoms with Crippen LogP contribution >= 0.6 is 0 Å². The Bertz CT molecular complexity index is 909. The van der Waals surface area contributed by atoms with E-state index in [0.717, 1.165) is 43.1 Å². The van der Waals surface area contributed by atoms with Gasteiger partial charge in [0.15, 0.2) is 0 Å². The number of unbranched alkanes of at least 4 members (excludes halogenated alkanes) is 12. The first kappa shape index (κ1) is 31.3. The molecular formula is C28H43KO3S. The number of fused-ring (bicyclic) bond motifs is 1. The van der Waals surface area contributed by atoms with E-state index in [1.807, 2.05) is 12.1 Å². The molecule has 0 spiro atoms. The van der Waals surface area contributed by atoms with Crippen molar-refractivity contribution in [2.75, 3.05) is 0 Å². The average Bonchev–Trinajstić information content (AvgIpc) is 2.77. The van der Waals surface area contributed by atoms with Crippen LogP contribution in [-0.2, 0) is 23.0 Å². The van der Waals surface area contributed by atoms with Gasteiger partial charge in [0.25, 0.3) is 0 Å². The van der Waals surface area contributed by atoms with E-state index >= 15 is 0 Å². The number of rotatable bonds is 17. The fourth-order valence-corrected chi connectivity index (χ4v) is 5.22. The average molecular weight is 499 g/mol. The molecule has 33 heavy (non-hydrogen) atoms. The van der Waals surface area contributed by atoms with Crippen LogP contribution in [0.5, 0.6) is 0 Å². The van der Waals surface area contributed by atoms with Gasteiger partial charge in [-0.25, -0.2) is 8.42 Å². The second kappa shape index (κ2) is 17.6. The number of aryl methyl sites for hydroxylation is 2. The molecule has 0 N–H and O–H groups in total. The van der Waals surface area contributed by atoms with Gasteiger partial charge in [0.05, 0.1) is 4.90 Å². The predicted molar refractivity (Wildman–Crippen MR) is 135 cm³/mol. The first-order valence-electron chi connectivity index (χ1n) is 13.0. The van der Waals surface area contributed by atoms with Crippen LogP contribution in [-0.4, -0.2) is 13.0 Å². The third kappa shape index (κ3) is 11.7. The summed E-state index contributed by atoms with van der Waals surface area (Å²) in [4.78, 5) is -0.0870. The third-order valence-electron chi connectivity index (χ3n) is 6.51. The molecule has 0 radical (unpaired) electrons. The number of hydrogen-bond donors (Lipinski definition) is 0. The molecule has 0 aromatic heterocycles. The van der Waals surface area contributed by atoms with Crippen molar-refractivity contribution in [2.45, 2.75) is 121 Å². The summed E-state index contributed by atoms with van der Waals surface area (Å²) in [6, 6.07) is 9.35. The Hall–Kier alpha value is 0.246. The number of benzene rings is 2. The van der Waals surface area contributed by atoms with Crippen molar-refractivity contribution in [1.29, 1.82) is 0 Å². The zero-order valence-electron chi connectivity index (χ0n) is 21.3. The van der Waals surface area contributed by atoms with E-state index in [9.17, 15) is 13.0 Å². The Kier molecular flexibility index (Phi) is 16.7. The fourth-order valence-electron chi connectivity index (χ4n) is 4.67. The van der Waals surface area contributed by atoms with Crippen molar-refractivity contribution in [2.24, 2.45) is 0 Å². The van der Waals surface area contributed by atoms with E-state index in [1.54, 1.807) is 12.1 Å². The molecule has 5 heteroatoms. The van der Waals surface area contributed by atoms with Crippen LogP contribution in [0.3, 0.4) is 0 Å². The molecule has 2 aromatic rings. The topological polar surface area (TPSA) is 57.2 Å². The minimum absolute atomic E-state index is 0. The molecule has 2 aromatic carbocycles. The van der Waals surface area contributed by atoms with E-state index in [-0.39, 0.29) is 56.3 Å². The van der Waals surface area contributed by atoms with Crippen molar-refractivity contribution in [1.82, 2.24) is 0 Å². The van der Waals surface area contributed by atoms with Gasteiger partial charge in [0.1, 0.15) is 10.1 Å². The molecular weight excluding hydrogens is 455 g/mol. The van der Waals surface area contributed by atoms with Gasteiger partial charge in [0.2, 0.25) is 0 Å². The van der Waals surface area contributed by atoms with Crippen molar-refractivity contribution in [3.63, 3.8) is 0 Å². The van der Waals surface area contributed by atoms with Gasteiger partial charge in [0, 0.05) is 0 Å². The summed E-state index contributed by atoms with van der Waals surface area (Å²) in [6.45, 7) is 4.47. The normalized spacial score (nSPS) is 11.6. The maximum absolute atomic E-state index is 11.8. The van der Waals surface area contributed by atoms with Crippen LogP contribution in [0.2, 0.25) is 0 Å². The maximum Gasteiger partial charge on any atom is 1.00 e. The van der Waals surface area contributed by atoms with Gasteiger partial charge in [-0.3, -0.25) is 0 Å². The Balaban J connectivity index is 0.00000544. The molecule has 0 unspecified atom stereocenters. The third-order valence-corrected chi connectivity index (χ3v) is 7.32. The van der Waals surface area contributed by atoms with Gasteiger partial charge >= 0.3 is 51.4 Å². The molecule has 2 rings (SSSR count). The van der Waals surface area contributed by atoms with Crippen LogP contribution in [0.1, 0.15) is 115 Å². The molecule has 0 aliphatic rings. The van der Waals surface area contributed by atoms with Crippen molar-refractivity contribution < 1.29 is 64.4 Å². The smallest absolute Gasteiger partial charge is 0.744 e. The summed E-state index contributed by atoms with van der Waals surface area (Å²) in [5, 5.41) is 2.07. The largest absolute Gasteiger partial charge is 1.00 e. The summed E-state index contributed by atoms with van der Waals surface area (Å²) in [5.74, 6) is 0. The molecule has 0 bridgehead atoms. The Labute approximate surface area is 245 Å². The SMILES string of the molecule is CCCCCCCCCc1cccc2cc(S(=O)(=O)[O-])cc(CCCCCCCCC)c12.[K+]. The van der Waals surface area contributed by atoms with Gasteiger partial charge < -0.3 is 4.55 Å². The predicted octanol–water partition coefficient (Wildman–Crippen LogP) is 5.33. The second-order valence-electron chi connectivity index (χ2n) is 9.29. The summed E-state index contributed by atoms with van der Waals surface area (Å²) in [5.41, 5.74) is 2.33. The molecule has 0 aliphatic heterocycles. The summed E-state index contributed by atoms with van der Waals surface area (Å²) >= 11 is 0. The van der Waals surface area contributed by atoms with Crippen LogP contribution in [0.4, 0.5) is 0 Å². The number of hydrogen-bond acceptors (Lipinski definition) is 3. The Morgan fingerprint density at radius 3 is 1.67 bits per heavy atom. The van der Waals surface area contributed by atoms with Crippen LogP contribution in [0, 0.1) is 0 Å². The van der Waals surface area contributed by atoms with Gasteiger partial charge in [-0.15, -0.1) is 0 Å². The van der Waals surface area contributed by atoms with E-state index in [2.05, 4.69) is 19.9 Å². The minimum Gasteiger partial charge on any atom is -0.744 e. The summed E-state index contributed by atoms with van der Waals surface area (Å²) < 4.78 is 35.3. The van der Waals surface area contributed by atoms with E-state index in [4.69, 9.17) is 0 Å². The van der Waals surface area contributed by atoms with Gasteiger partial charge in [-0.05, 0) is 59.7 Å². The molecule has 180 valence electrons. The molecule has 0 amide bonds. The molecule has 0 heterocycles. The zero-order chi connectivity index (χ0) is 23.2.